The molecule has 0 N–H and O–H groups in total. The normalized spacial score (nSPS) is 13.8. The van der Waals surface area contributed by atoms with Crippen LogP contribution in [0.3, 0.4) is 0 Å². The fourth-order valence-electron chi connectivity index (χ4n) is 14.5. The Morgan fingerprint density at radius 3 is 0.756 bits per heavy atom. The van der Waals surface area contributed by atoms with Crippen LogP contribution in [0.4, 0.5) is 0 Å². The van der Waals surface area contributed by atoms with Crippen LogP contribution in [0, 0.1) is 0 Å². The van der Waals surface area contributed by atoms with Gasteiger partial charge in [-0.25, -0.2) is 0 Å². The lowest BCUT2D eigenvalue weighted by molar-refractivity contribution is 0.660. The van der Waals surface area contributed by atoms with E-state index in [2.05, 4.69) is 282 Å². The first-order valence-electron chi connectivity index (χ1n) is 27.7. The molecular formula is C78H54. The van der Waals surface area contributed by atoms with Crippen LogP contribution in [0.25, 0.3) is 143 Å². The summed E-state index contributed by atoms with van der Waals surface area (Å²) in [5.74, 6) is 0. The number of hydrogen-bond donors (Lipinski definition) is 0. The molecule has 14 aromatic rings. The molecule has 14 aromatic carbocycles. The smallest absolute Gasteiger partial charge is 0.0159 e. The molecular weight excluding hydrogens is 937 g/mol. The quantitative estimate of drug-likeness (QED) is 0.151. The molecule has 0 aromatic heterocycles. The zero-order valence-electron chi connectivity index (χ0n) is 44.2. The van der Waals surface area contributed by atoms with Crippen molar-refractivity contribution in [2.24, 2.45) is 0 Å². The minimum absolute atomic E-state index is 0.213. The summed E-state index contributed by atoms with van der Waals surface area (Å²) < 4.78 is 0. The van der Waals surface area contributed by atoms with Crippen molar-refractivity contribution in [1.29, 1.82) is 0 Å². The molecule has 0 heteroatoms. The maximum atomic E-state index is 2.51. The summed E-state index contributed by atoms with van der Waals surface area (Å²) in [6.07, 6.45) is 0. The topological polar surface area (TPSA) is 0 Å². The van der Waals surface area contributed by atoms with Gasteiger partial charge in [0.1, 0.15) is 0 Å². The summed E-state index contributed by atoms with van der Waals surface area (Å²) in [4.78, 5) is 0. The van der Waals surface area contributed by atoms with Crippen LogP contribution in [0.2, 0.25) is 0 Å². The molecule has 0 unspecified atom stereocenters. The third-order valence-electron chi connectivity index (χ3n) is 18.2. The van der Waals surface area contributed by atoms with Crippen molar-refractivity contribution < 1.29 is 0 Å². The van der Waals surface area contributed by atoms with Crippen LogP contribution >= 0.6 is 0 Å². The number of hydrogen-bond acceptors (Lipinski definition) is 0. The van der Waals surface area contributed by atoms with Crippen LogP contribution in [0.15, 0.2) is 255 Å². The average Bonchev–Trinajstić information content (AvgIpc) is 4.02. The van der Waals surface area contributed by atoms with Crippen LogP contribution < -0.4 is 0 Å². The van der Waals surface area contributed by atoms with Gasteiger partial charge in [-0.3, -0.25) is 0 Å². The first-order chi connectivity index (χ1) is 38.2. The average molecular weight is 991 g/mol. The van der Waals surface area contributed by atoms with E-state index < -0.39 is 0 Å². The molecule has 0 saturated carbocycles. The lowest BCUT2D eigenvalue weighted by Crippen LogP contribution is -2.15. The molecule has 0 heterocycles. The molecule has 0 fully saturated rings. The Bertz CT molecular complexity index is 4470. The summed E-state index contributed by atoms with van der Waals surface area (Å²) in [5, 5.41) is 15.3. The highest BCUT2D eigenvalue weighted by Crippen LogP contribution is 2.55. The minimum atomic E-state index is -0.213. The molecule has 16 rings (SSSR count). The maximum absolute atomic E-state index is 2.51. The summed E-state index contributed by atoms with van der Waals surface area (Å²) >= 11 is 0. The van der Waals surface area contributed by atoms with E-state index in [9.17, 15) is 0 Å². The van der Waals surface area contributed by atoms with Crippen LogP contribution in [0.5, 0.6) is 0 Å². The predicted octanol–water partition coefficient (Wildman–Crippen LogP) is 21.6. The molecule has 0 bridgehead atoms. The minimum Gasteiger partial charge on any atom is -0.0616 e. The predicted molar refractivity (Wildman–Crippen MR) is 334 cm³/mol. The van der Waals surface area contributed by atoms with Gasteiger partial charge in [0.25, 0.3) is 0 Å². The molecule has 78 heavy (non-hydrogen) atoms. The fourth-order valence-corrected chi connectivity index (χ4v) is 14.5. The zero-order chi connectivity index (χ0) is 52.0. The van der Waals surface area contributed by atoms with E-state index in [0.717, 1.165) is 0 Å². The van der Waals surface area contributed by atoms with Crippen molar-refractivity contribution in [1.82, 2.24) is 0 Å². The van der Waals surface area contributed by atoms with Gasteiger partial charge in [-0.05, 0) is 189 Å². The molecule has 0 nitrogen and oxygen atoms in total. The largest absolute Gasteiger partial charge is 0.0616 e. The van der Waals surface area contributed by atoms with Crippen molar-refractivity contribution in [3.63, 3.8) is 0 Å². The summed E-state index contributed by atoms with van der Waals surface area (Å²) in [6, 6.07) is 96.3. The van der Waals surface area contributed by atoms with Crippen molar-refractivity contribution in [2.75, 3.05) is 0 Å². The van der Waals surface area contributed by atoms with Gasteiger partial charge in [0.15, 0.2) is 0 Å². The zero-order valence-corrected chi connectivity index (χ0v) is 44.2. The van der Waals surface area contributed by atoms with Gasteiger partial charge in [0.05, 0.1) is 0 Å². The second-order valence-electron chi connectivity index (χ2n) is 23.0. The van der Waals surface area contributed by atoms with E-state index in [4.69, 9.17) is 0 Å². The van der Waals surface area contributed by atoms with Crippen molar-refractivity contribution in [3.8, 4) is 77.9 Å². The Morgan fingerprint density at radius 2 is 0.436 bits per heavy atom. The second kappa shape index (κ2) is 16.6. The molecule has 2 aliphatic carbocycles. The highest BCUT2D eigenvalue weighted by Gasteiger charge is 2.38. The first-order valence-corrected chi connectivity index (χ1v) is 27.7. The van der Waals surface area contributed by atoms with E-state index in [-0.39, 0.29) is 10.8 Å². The molecule has 0 saturated heterocycles. The number of fused-ring (bicyclic) bond motifs is 12. The van der Waals surface area contributed by atoms with Crippen molar-refractivity contribution >= 4 is 64.6 Å². The van der Waals surface area contributed by atoms with Crippen LogP contribution in [-0.4, -0.2) is 0 Å². The van der Waals surface area contributed by atoms with Gasteiger partial charge < -0.3 is 0 Å². The van der Waals surface area contributed by atoms with Gasteiger partial charge >= 0.3 is 0 Å². The van der Waals surface area contributed by atoms with Crippen molar-refractivity contribution in [3.05, 3.63) is 277 Å². The van der Waals surface area contributed by atoms with E-state index >= 15 is 0 Å². The molecule has 0 spiro atoms. The third kappa shape index (κ3) is 6.35. The van der Waals surface area contributed by atoms with Gasteiger partial charge in [-0.1, -0.05) is 258 Å². The highest BCUT2D eigenvalue weighted by molar-refractivity contribution is 6.25. The number of benzene rings is 14. The summed E-state index contributed by atoms with van der Waals surface area (Å²) in [7, 11) is 0. The molecule has 2 aliphatic rings. The Kier molecular flexibility index (Phi) is 9.54. The van der Waals surface area contributed by atoms with E-state index in [1.807, 2.05) is 0 Å². The molecule has 0 radical (unpaired) electrons. The summed E-state index contributed by atoms with van der Waals surface area (Å²) in [5.41, 5.74) is 23.2. The van der Waals surface area contributed by atoms with E-state index in [1.54, 1.807) is 0 Å². The molecule has 366 valence electrons. The lowest BCUT2D eigenvalue weighted by atomic mass is 9.79. The third-order valence-corrected chi connectivity index (χ3v) is 18.2. The SMILES string of the molecule is CC1(C)c2cc(-c3ccc4c(c3)C(C)(C)c3cc(-c5c6ccccc6c(-c6cccc7ccccc67)c6ccccc56)ccc3-4)ccc2-c2ccc(-c3c4ccccc4c(-c4cccc5ccccc45)c4ccccc34)cc21. The van der Waals surface area contributed by atoms with E-state index in [1.165, 1.54) is 165 Å². The molecule has 0 amide bonds. The van der Waals surface area contributed by atoms with Gasteiger partial charge in [0.2, 0.25) is 0 Å². The van der Waals surface area contributed by atoms with Gasteiger partial charge in [-0.2, -0.15) is 0 Å². The molecule has 0 atom stereocenters. The van der Waals surface area contributed by atoms with Crippen LogP contribution in [-0.2, 0) is 10.8 Å². The fraction of sp³-hybridized carbons (Fsp3) is 0.0769. The Hall–Kier alpha value is -9.36. The monoisotopic (exact) mass is 990 g/mol. The molecule has 0 aliphatic heterocycles. The van der Waals surface area contributed by atoms with E-state index in [0.29, 0.717) is 0 Å². The summed E-state index contributed by atoms with van der Waals surface area (Å²) in [6.45, 7) is 9.70. The highest BCUT2D eigenvalue weighted by atomic mass is 14.4. The van der Waals surface area contributed by atoms with Gasteiger partial charge in [-0.15, -0.1) is 0 Å². The Balaban J connectivity index is 0.772. The first kappa shape index (κ1) is 44.9. The maximum Gasteiger partial charge on any atom is 0.0159 e. The number of rotatable bonds is 5. The Labute approximate surface area is 455 Å². The lowest BCUT2D eigenvalue weighted by Gasteiger charge is -2.24. The standard InChI is InChI=1S/C78H54/c1-77(2)69-43-49(35-39-55(69)57-41-37-51(45-71(57)77)73-61-25-9-13-29-65(61)75(66-30-14-10-26-62(66)73)59-33-17-21-47-19-5-7-23-53(47)59)50-36-40-56-58-42-38-52(46-72(58)78(3,4)70(56)44-50)74-63-27-11-15-31-67(63)76(68-32-16-12-28-64(68)74)60-34-18-22-48-20-6-8-24-54(48)60/h5-46H,1-4H3. The van der Waals surface area contributed by atoms with Crippen LogP contribution in [0.1, 0.15) is 49.9 Å². The second-order valence-corrected chi connectivity index (χ2v) is 23.0. The Morgan fingerprint density at radius 1 is 0.192 bits per heavy atom. The van der Waals surface area contributed by atoms with Gasteiger partial charge in [0, 0.05) is 10.8 Å². The van der Waals surface area contributed by atoms with Crippen molar-refractivity contribution in [2.45, 2.75) is 38.5 Å².